The van der Waals surface area contributed by atoms with Crippen LogP contribution in [0.5, 0.6) is 11.6 Å². The Bertz CT molecular complexity index is 1340. The van der Waals surface area contributed by atoms with Gasteiger partial charge in [-0.3, -0.25) is 28.7 Å². The zero-order valence-electron chi connectivity index (χ0n) is 17.7. The van der Waals surface area contributed by atoms with E-state index in [9.17, 15) is 29.4 Å². The molecule has 1 aromatic carbocycles. The van der Waals surface area contributed by atoms with Gasteiger partial charge in [0.15, 0.2) is 5.75 Å². The number of aromatic hydroxyl groups is 2. The van der Waals surface area contributed by atoms with Crippen molar-refractivity contribution in [3.05, 3.63) is 80.4 Å². The van der Waals surface area contributed by atoms with Crippen LogP contribution in [0.15, 0.2) is 47.5 Å². The molecule has 34 heavy (non-hydrogen) atoms. The van der Waals surface area contributed by atoms with Crippen molar-refractivity contribution in [3.8, 4) is 11.6 Å². The number of hydrogen-bond donors (Lipinski definition) is 5. The van der Waals surface area contributed by atoms with Gasteiger partial charge < -0.3 is 26.0 Å². The first-order valence-corrected chi connectivity index (χ1v) is 10.1. The summed E-state index contributed by atoms with van der Waals surface area (Å²) in [6.07, 6.45) is 2.75. The second kappa shape index (κ2) is 10.0. The Kier molecular flexibility index (Phi) is 7.17. The van der Waals surface area contributed by atoms with Gasteiger partial charge in [0.2, 0.25) is 5.88 Å². The molecule has 0 spiro atoms. The van der Waals surface area contributed by atoms with Gasteiger partial charge in [-0.15, -0.1) is 0 Å². The summed E-state index contributed by atoms with van der Waals surface area (Å²) in [7, 11) is 0. The number of pyridine rings is 2. The summed E-state index contributed by atoms with van der Waals surface area (Å²) >= 11 is 6.03. The van der Waals surface area contributed by atoms with Gasteiger partial charge in [0.1, 0.15) is 17.7 Å². The lowest BCUT2D eigenvalue weighted by molar-refractivity contribution is -0.135. The fourth-order valence-electron chi connectivity index (χ4n) is 3.11. The highest BCUT2D eigenvalue weighted by molar-refractivity contribution is 6.30. The Balaban J connectivity index is 2.18. The third-order valence-corrected chi connectivity index (χ3v) is 5.06. The van der Waals surface area contributed by atoms with E-state index in [1.54, 1.807) is 19.1 Å². The molecule has 176 valence electrons. The van der Waals surface area contributed by atoms with Crippen molar-refractivity contribution in [1.82, 2.24) is 14.9 Å². The number of nitrogens with one attached hydrogen (secondary N) is 2. The minimum absolute atomic E-state index is 0.202. The number of hydrogen-bond acceptors (Lipinski definition) is 7. The number of rotatable bonds is 7. The maximum absolute atomic E-state index is 13.2. The number of halogens is 1. The number of aryl methyl sites for hydroxylation is 1. The van der Waals surface area contributed by atoms with Crippen LogP contribution in [0.2, 0.25) is 5.02 Å². The normalized spacial score (nSPS) is 10.5. The van der Waals surface area contributed by atoms with Crippen LogP contribution in [0, 0.1) is 6.92 Å². The molecule has 0 fully saturated rings. The third kappa shape index (κ3) is 5.15. The molecule has 0 radical (unpaired) electrons. The van der Waals surface area contributed by atoms with Gasteiger partial charge in [-0.2, -0.15) is 0 Å². The number of carboxylic acids is 1. The Labute approximate surface area is 197 Å². The van der Waals surface area contributed by atoms with Gasteiger partial charge in [-0.1, -0.05) is 17.7 Å². The zero-order valence-corrected chi connectivity index (χ0v) is 18.5. The summed E-state index contributed by atoms with van der Waals surface area (Å²) in [5.41, 5.74) is -1.37. The van der Waals surface area contributed by atoms with Gasteiger partial charge in [0.25, 0.3) is 17.4 Å². The number of carbonyl (C=O) groups is 3. The van der Waals surface area contributed by atoms with Crippen molar-refractivity contribution >= 4 is 35.1 Å². The topological polar surface area (TPSA) is 171 Å². The summed E-state index contributed by atoms with van der Waals surface area (Å²) in [5, 5.41) is 34.9. The van der Waals surface area contributed by atoms with Crippen molar-refractivity contribution in [2.75, 3.05) is 11.9 Å². The number of benzene rings is 1. The number of aromatic nitrogens is 2. The standard InChI is InChI=1S/C22H19ClN4O7/c1-11-4-5-13(23)7-12(11)10-27-21(33)16(19(31)25-9-15(28)29)18(30)17(22(27)34)20(32)26-14-3-2-6-24-8-14/h2-8,30,33H,9-10H2,1H3,(H,25,31)(H,26,32)(H,28,29). The van der Waals surface area contributed by atoms with Crippen LogP contribution in [0.3, 0.4) is 0 Å². The monoisotopic (exact) mass is 486 g/mol. The third-order valence-electron chi connectivity index (χ3n) is 4.83. The molecule has 0 aliphatic carbocycles. The lowest BCUT2D eigenvalue weighted by atomic mass is 10.1. The van der Waals surface area contributed by atoms with Gasteiger partial charge >= 0.3 is 5.97 Å². The molecule has 0 aliphatic heterocycles. The van der Waals surface area contributed by atoms with E-state index < -0.39 is 52.6 Å². The second-order valence-electron chi connectivity index (χ2n) is 7.16. The predicted molar refractivity (Wildman–Crippen MR) is 121 cm³/mol. The quantitative estimate of drug-likeness (QED) is 0.336. The van der Waals surface area contributed by atoms with Gasteiger partial charge in [0, 0.05) is 11.2 Å². The zero-order chi connectivity index (χ0) is 25.0. The number of carboxylic acid groups (broad SMARTS) is 1. The van der Waals surface area contributed by atoms with E-state index >= 15 is 0 Å². The Morgan fingerprint density at radius 1 is 1.12 bits per heavy atom. The Morgan fingerprint density at radius 2 is 1.85 bits per heavy atom. The molecule has 2 amide bonds. The molecule has 0 unspecified atom stereocenters. The van der Waals surface area contributed by atoms with Crippen molar-refractivity contribution < 1.29 is 29.7 Å². The smallest absolute Gasteiger partial charge is 0.322 e. The van der Waals surface area contributed by atoms with Crippen LogP contribution in [0.4, 0.5) is 5.69 Å². The van der Waals surface area contributed by atoms with Gasteiger partial charge in [-0.05, 0) is 42.3 Å². The maximum atomic E-state index is 13.2. The van der Waals surface area contributed by atoms with Crippen LogP contribution in [0.25, 0.3) is 0 Å². The van der Waals surface area contributed by atoms with Crippen LogP contribution >= 0.6 is 11.6 Å². The summed E-state index contributed by atoms with van der Waals surface area (Å²) in [4.78, 5) is 53.3. The van der Waals surface area contributed by atoms with Gasteiger partial charge in [-0.25, -0.2) is 0 Å². The van der Waals surface area contributed by atoms with Crippen molar-refractivity contribution in [3.63, 3.8) is 0 Å². The molecule has 3 aromatic rings. The SMILES string of the molecule is Cc1ccc(Cl)cc1Cn1c(O)c(C(=O)NCC(=O)O)c(O)c(C(=O)Nc2cccnc2)c1=O. The van der Waals surface area contributed by atoms with Crippen molar-refractivity contribution in [2.45, 2.75) is 13.5 Å². The molecule has 5 N–H and O–H groups in total. The fraction of sp³-hybridized carbons (Fsp3) is 0.136. The van der Waals surface area contributed by atoms with E-state index in [2.05, 4.69) is 10.3 Å². The van der Waals surface area contributed by atoms with Crippen LogP contribution in [-0.2, 0) is 11.3 Å². The number of amides is 2. The van der Waals surface area contributed by atoms with E-state index in [4.69, 9.17) is 16.7 Å². The molecule has 3 rings (SSSR count). The van der Waals surface area contributed by atoms with Gasteiger partial charge in [0.05, 0.1) is 18.4 Å². The first kappa shape index (κ1) is 24.3. The van der Waals surface area contributed by atoms with Crippen molar-refractivity contribution in [2.24, 2.45) is 0 Å². The average molecular weight is 487 g/mol. The summed E-state index contributed by atoms with van der Waals surface area (Å²) in [6, 6.07) is 7.84. The number of carbonyl (C=O) groups excluding carboxylic acids is 2. The fourth-order valence-corrected chi connectivity index (χ4v) is 3.31. The summed E-state index contributed by atoms with van der Waals surface area (Å²) in [6.45, 7) is 0.593. The highest BCUT2D eigenvalue weighted by Crippen LogP contribution is 2.30. The average Bonchev–Trinajstić information content (AvgIpc) is 2.78. The molecule has 0 saturated carbocycles. The molecule has 11 nitrogen and oxygen atoms in total. The highest BCUT2D eigenvalue weighted by atomic mass is 35.5. The molecule has 2 heterocycles. The molecule has 0 saturated heterocycles. The largest absolute Gasteiger partial charge is 0.506 e. The maximum Gasteiger partial charge on any atom is 0.322 e. The minimum Gasteiger partial charge on any atom is -0.506 e. The second-order valence-corrected chi connectivity index (χ2v) is 7.59. The lowest BCUT2D eigenvalue weighted by Gasteiger charge is -2.17. The van der Waals surface area contributed by atoms with E-state index in [-0.39, 0.29) is 12.2 Å². The first-order valence-electron chi connectivity index (χ1n) is 9.75. The predicted octanol–water partition coefficient (Wildman–Crippen LogP) is 1.73. The van der Waals surface area contributed by atoms with E-state index in [1.165, 1.54) is 30.6 Å². The van der Waals surface area contributed by atoms with Crippen LogP contribution in [0.1, 0.15) is 31.8 Å². The molecule has 2 aromatic heterocycles. The molecular formula is C22H19ClN4O7. The van der Waals surface area contributed by atoms with Crippen molar-refractivity contribution in [1.29, 1.82) is 0 Å². The Morgan fingerprint density at radius 3 is 2.50 bits per heavy atom. The van der Waals surface area contributed by atoms with E-state index in [1.807, 2.05) is 5.32 Å². The van der Waals surface area contributed by atoms with E-state index in [0.29, 0.717) is 20.7 Å². The Hall–Kier alpha value is -4.38. The number of nitrogens with zero attached hydrogens (tertiary/aromatic N) is 2. The van der Waals surface area contributed by atoms with Crippen LogP contribution < -0.4 is 16.2 Å². The summed E-state index contributed by atoms with van der Waals surface area (Å²) in [5.74, 6) is -5.72. The molecular weight excluding hydrogens is 468 g/mol. The van der Waals surface area contributed by atoms with E-state index in [0.717, 1.165) is 0 Å². The number of aliphatic carboxylic acids is 1. The highest BCUT2D eigenvalue weighted by Gasteiger charge is 2.30. The summed E-state index contributed by atoms with van der Waals surface area (Å²) < 4.78 is 0.715. The number of anilines is 1. The molecule has 0 aliphatic rings. The van der Waals surface area contributed by atoms with Crippen LogP contribution in [-0.4, -0.2) is 49.2 Å². The molecule has 0 bridgehead atoms. The first-order chi connectivity index (χ1) is 16.1. The molecule has 12 heteroatoms. The minimum atomic E-state index is -1.38. The lowest BCUT2D eigenvalue weighted by Crippen LogP contribution is -2.34. The molecule has 0 atom stereocenters.